The lowest BCUT2D eigenvalue weighted by Crippen LogP contribution is -2.28. The van der Waals surface area contributed by atoms with E-state index in [-0.39, 0.29) is 0 Å². The van der Waals surface area contributed by atoms with Gasteiger partial charge in [-0.05, 0) is 6.07 Å². The molecule has 1 rings (SSSR count). The Kier molecular flexibility index (Phi) is 3.06. The van der Waals surface area contributed by atoms with E-state index in [0.29, 0.717) is 0 Å². The normalized spacial score (nSPS) is 13.5. The monoisotopic (exact) mass is 233 g/mol. The summed E-state index contributed by atoms with van der Waals surface area (Å²) in [5.41, 5.74) is 4.31. The maximum Gasteiger partial charge on any atom is 0.281 e. The van der Waals surface area contributed by atoms with Crippen molar-refractivity contribution in [2.45, 2.75) is 5.25 Å². The Morgan fingerprint density at radius 3 is 2.33 bits per heavy atom. The fraction of sp³-hybridized carbons (Fsp3) is 0.125. The van der Waals surface area contributed by atoms with E-state index < -0.39 is 32.7 Å². The molecule has 0 fully saturated rings. The van der Waals surface area contributed by atoms with Crippen molar-refractivity contribution in [3.63, 3.8) is 0 Å². The zero-order valence-electron chi connectivity index (χ0n) is 7.42. The Morgan fingerprint density at radius 1 is 1.40 bits per heavy atom. The van der Waals surface area contributed by atoms with Gasteiger partial charge in [-0.15, -0.1) is 0 Å². The van der Waals surface area contributed by atoms with Crippen LogP contribution in [0.25, 0.3) is 0 Å². The van der Waals surface area contributed by atoms with Crippen molar-refractivity contribution in [3.05, 3.63) is 35.6 Å². The van der Waals surface area contributed by atoms with Crippen molar-refractivity contribution in [2.75, 3.05) is 0 Å². The molecule has 0 saturated heterocycles. The van der Waals surface area contributed by atoms with Crippen molar-refractivity contribution in [1.82, 2.24) is 0 Å². The number of nitrogens with two attached hydrogens (primary N) is 1. The first kappa shape index (κ1) is 11.6. The van der Waals surface area contributed by atoms with Gasteiger partial charge in [0.15, 0.2) is 5.25 Å². The van der Waals surface area contributed by atoms with Gasteiger partial charge in [0.05, 0.1) is 0 Å². The third kappa shape index (κ3) is 2.51. The molecule has 0 radical (unpaired) electrons. The van der Waals surface area contributed by atoms with Gasteiger partial charge >= 0.3 is 0 Å². The summed E-state index contributed by atoms with van der Waals surface area (Å²) in [5, 5.41) is -2.07. The Hall–Kier alpha value is -1.47. The standard InChI is InChI=1S/C8H8FNO4S/c9-6-4-2-1-3-5(6)7(8(10)11)15(12,13)14/h1-4,7H,(H2,10,11)(H,12,13,14). The van der Waals surface area contributed by atoms with Crippen LogP contribution in [-0.2, 0) is 14.9 Å². The lowest BCUT2D eigenvalue weighted by atomic mass is 10.1. The minimum absolute atomic E-state index is 0.465. The topological polar surface area (TPSA) is 97.5 Å². The second kappa shape index (κ2) is 3.95. The first-order chi connectivity index (χ1) is 6.84. The molecule has 1 atom stereocenters. The predicted octanol–water partition coefficient (Wildman–Crippen LogP) is 0.240. The molecule has 0 bridgehead atoms. The van der Waals surface area contributed by atoms with Gasteiger partial charge in [-0.1, -0.05) is 18.2 Å². The number of halogens is 1. The minimum atomic E-state index is -4.75. The molecule has 0 heterocycles. The van der Waals surface area contributed by atoms with E-state index in [9.17, 15) is 17.6 Å². The minimum Gasteiger partial charge on any atom is -0.368 e. The van der Waals surface area contributed by atoms with Crippen molar-refractivity contribution >= 4 is 16.0 Å². The third-order valence-corrected chi connectivity index (χ3v) is 2.83. The maximum atomic E-state index is 13.1. The molecule has 1 unspecified atom stereocenters. The number of hydrogen-bond donors (Lipinski definition) is 2. The largest absolute Gasteiger partial charge is 0.368 e. The summed E-state index contributed by atoms with van der Waals surface area (Å²) in [6.07, 6.45) is 0. The molecule has 1 amide bonds. The SMILES string of the molecule is NC(=O)C(c1ccccc1F)S(=O)(=O)O. The zero-order chi connectivity index (χ0) is 11.6. The van der Waals surface area contributed by atoms with Crippen LogP contribution in [0, 0.1) is 5.82 Å². The van der Waals surface area contributed by atoms with Crippen molar-refractivity contribution in [1.29, 1.82) is 0 Å². The number of benzene rings is 1. The summed E-state index contributed by atoms with van der Waals surface area (Å²) in [4.78, 5) is 10.8. The molecular formula is C8H8FNO4S. The van der Waals surface area contributed by atoms with Gasteiger partial charge in [0.2, 0.25) is 5.91 Å². The van der Waals surface area contributed by atoms with Gasteiger partial charge in [-0.2, -0.15) is 8.42 Å². The van der Waals surface area contributed by atoms with Crippen LogP contribution in [0.3, 0.4) is 0 Å². The van der Waals surface area contributed by atoms with Gasteiger partial charge in [0.25, 0.3) is 10.1 Å². The van der Waals surface area contributed by atoms with E-state index in [2.05, 4.69) is 0 Å². The molecule has 0 aromatic heterocycles. The summed E-state index contributed by atoms with van der Waals surface area (Å²) < 4.78 is 43.5. The number of carbonyl (C=O) groups excluding carboxylic acids is 1. The number of rotatable bonds is 3. The summed E-state index contributed by atoms with van der Waals surface area (Å²) in [6, 6.07) is 4.69. The summed E-state index contributed by atoms with van der Waals surface area (Å²) in [5.74, 6) is -2.25. The lowest BCUT2D eigenvalue weighted by molar-refractivity contribution is -0.117. The van der Waals surface area contributed by atoms with Crippen molar-refractivity contribution in [2.24, 2.45) is 5.73 Å². The molecule has 0 aliphatic carbocycles. The highest BCUT2D eigenvalue weighted by Crippen LogP contribution is 2.23. The molecule has 0 aliphatic rings. The molecule has 5 nitrogen and oxygen atoms in total. The molecule has 1 aromatic rings. The van der Waals surface area contributed by atoms with Gasteiger partial charge in [0, 0.05) is 5.56 Å². The molecule has 3 N–H and O–H groups in total. The average molecular weight is 233 g/mol. The molecule has 7 heteroatoms. The first-order valence-corrected chi connectivity index (χ1v) is 5.34. The number of amides is 1. The van der Waals surface area contributed by atoms with Gasteiger partial charge in [0.1, 0.15) is 5.82 Å². The van der Waals surface area contributed by atoms with E-state index in [1.807, 2.05) is 0 Å². The molecule has 15 heavy (non-hydrogen) atoms. The second-order valence-corrected chi connectivity index (χ2v) is 4.32. The Bertz CT molecular complexity index is 485. The van der Waals surface area contributed by atoms with Gasteiger partial charge in [-0.25, -0.2) is 4.39 Å². The molecule has 1 aromatic carbocycles. The van der Waals surface area contributed by atoms with Crippen molar-refractivity contribution < 1.29 is 22.2 Å². The number of hydrogen-bond acceptors (Lipinski definition) is 3. The summed E-state index contributed by atoms with van der Waals surface area (Å²) >= 11 is 0. The van der Waals surface area contributed by atoms with Crippen LogP contribution in [0.5, 0.6) is 0 Å². The summed E-state index contributed by atoms with van der Waals surface area (Å²) in [6.45, 7) is 0. The summed E-state index contributed by atoms with van der Waals surface area (Å²) in [7, 11) is -4.75. The highest BCUT2D eigenvalue weighted by atomic mass is 32.2. The van der Waals surface area contributed by atoms with Crippen LogP contribution in [0.2, 0.25) is 0 Å². The van der Waals surface area contributed by atoms with Crippen LogP contribution >= 0.6 is 0 Å². The van der Waals surface area contributed by atoms with E-state index >= 15 is 0 Å². The van der Waals surface area contributed by atoms with Crippen LogP contribution in [-0.4, -0.2) is 18.9 Å². The van der Waals surface area contributed by atoms with E-state index in [1.54, 1.807) is 0 Å². The molecule has 0 spiro atoms. The number of carbonyl (C=O) groups is 1. The molecular weight excluding hydrogens is 225 g/mol. The van der Waals surface area contributed by atoms with Crippen LogP contribution < -0.4 is 5.73 Å². The average Bonchev–Trinajstić information content (AvgIpc) is 2.05. The predicted molar refractivity (Wildman–Crippen MR) is 49.9 cm³/mol. The smallest absolute Gasteiger partial charge is 0.281 e. The quantitative estimate of drug-likeness (QED) is 0.730. The highest BCUT2D eigenvalue weighted by molar-refractivity contribution is 7.86. The number of primary amides is 1. The Labute approximate surface area is 85.5 Å². The third-order valence-electron chi connectivity index (χ3n) is 1.74. The maximum absolute atomic E-state index is 13.1. The Balaban J connectivity index is 3.36. The second-order valence-electron chi connectivity index (χ2n) is 2.82. The van der Waals surface area contributed by atoms with Crippen LogP contribution in [0.1, 0.15) is 10.8 Å². The van der Waals surface area contributed by atoms with Crippen LogP contribution in [0.15, 0.2) is 24.3 Å². The fourth-order valence-corrected chi connectivity index (χ4v) is 1.95. The van der Waals surface area contributed by atoms with E-state index in [0.717, 1.165) is 12.1 Å². The van der Waals surface area contributed by atoms with Gasteiger partial charge < -0.3 is 5.73 Å². The van der Waals surface area contributed by atoms with E-state index in [1.165, 1.54) is 12.1 Å². The van der Waals surface area contributed by atoms with Crippen molar-refractivity contribution in [3.8, 4) is 0 Å². The first-order valence-electron chi connectivity index (χ1n) is 3.84. The van der Waals surface area contributed by atoms with Crippen LogP contribution in [0.4, 0.5) is 4.39 Å². The molecule has 82 valence electrons. The molecule has 0 saturated carbocycles. The lowest BCUT2D eigenvalue weighted by Gasteiger charge is -2.10. The highest BCUT2D eigenvalue weighted by Gasteiger charge is 2.32. The van der Waals surface area contributed by atoms with E-state index in [4.69, 9.17) is 10.3 Å². The Morgan fingerprint density at radius 2 is 1.93 bits per heavy atom. The van der Waals surface area contributed by atoms with Gasteiger partial charge in [-0.3, -0.25) is 9.35 Å². The fourth-order valence-electron chi connectivity index (χ4n) is 1.15. The molecule has 0 aliphatic heterocycles. The zero-order valence-corrected chi connectivity index (χ0v) is 8.24.